The van der Waals surface area contributed by atoms with Gasteiger partial charge in [-0.15, -0.1) is 11.3 Å². The second kappa shape index (κ2) is 7.48. The molecule has 1 aliphatic rings. The van der Waals surface area contributed by atoms with E-state index in [1.165, 1.54) is 11.1 Å². The first-order valence-corrected chi connectivity index (χ1v) is 10.3. The third kappa shape index (κ3) is 3.36. The van der Waals surface area contributed by atoms with Crippen LogP contribution in [0.3, 0.4) is 0 Å². The third-order valence-electron chi connectivity index (χ3n) is 5.75. The van der Waals surface area contributed by atoms with Crippen LogP contribution in [0.1, 0.15) is 24.0 Å². The highest BCUT2D eigenvalue weighted by Crippen LogP contribution is 2.38. The first-order valence-electron chi connectivity index (χ1n) is 9.41. The molecule has 0 saturated carbocycles. The number of anilines is 1. The van der Waals surface area contributed by atoms with Gasteiger partial charge in [-0.25, -0.2) is 9.97 Å². The fraction of sp³-hybridized carbons (Fsp3) is 0.381. The molecule has 146 valence electrons. The summed E-state index contributed by atoms with van der Waals surface area (Å²) in [6, 6.07) is 6.45. The highest BCUT2D eigenvalue weighted by molar-refractivity contribution is 7.17. The number of fused-ring (bicyclic) bond motifs is 1. The van der Waals surface area contributed by atoms with E-state index in [1.807, 2.05) is 0 Å². The molecule has 1 saturated heterocycles. The number of amides is 1. The Morgan fingerprint density at radius 2 is 2.04 bits per heavy atom. The summed E-state index contributed by atoms with van der Waals surface area (Å²) in [6.45, 7) is 5.77. The number of nitrogens with two attached hydrogens (primary N) is 1. The van der Waals surface area contributed by atoms with Gasteiger partial charge in [0.05, 0.1) is 10.8 Å². The minimum atomic E-state index is -0.605. The number of carbonyl (C=O) groups excluding carboxylic acids is 1. The van der Waals surface area contributed by atoms with Crippen molar-refractivity contribution >= 4 is 33.3 Å². The van der Waals surface area contributed by atoms with Gasteiger partial charge >= 0.3 is 0 Å². The van der Waals surface area contributed by atoms with Crippen molar-refractivity contribution in [3.63, 3.8) is 0 Å². The Balaban J connectivity index is 1.70. The molecule has 0 radical (unpaired) electrons. The van der Waals surface area contributed by atoms with Gasteiger partial charge in [0, 0.05) is 30.7 Å². The summed E-state index contributed by atoms with van der Waals surface area (Å²) >= 11 is 1.60. The smallest absolute Gasteiger partial charge is 0.225 e. The molecular weight excluding hydrogens is 372 g/mol. The molecule has 1 fully saturated rings. The minimum absolute atomic E-state index is 0.284. The number of nitrogens with one attached hydrogen (secondary N) is 1. The van der Waals surface area contributed by atoms with Gasteiger partial charge < -0.3 is 15.8 Å². The number of nitrogens with zero attached hydrogens (tertiary/aromatic N) is 2. The van der Waals surface area contributed by atoms with Crippen LogP contribution in [0.5, 0.6) is 0 Å². The predicted molar refractivity (Wildman–Crippen MR) is 112 cm³/mol. The largest absolute Gasteiger partial charge is 0.381 e. The number of hydrogen-bond donors (Lipinski definition) is 2. The van der Waals surface area contributed by atoms with Gasteiger partial charge in [-0.05, 0) is 43.4 Å². The molecule has 1 amide bonds. The van der Waals surface area contributed by atoms with Crippen LogP contribution in [0.25, 0.3) is 21.3 Å². The Kier molecular flexibility index (Phi) is 5.03. The number of benzene rings is 1. The van der Waals surface area contributed by atoms with E-state index in [9.17, 15) is 4.79 Å². The zero-order chi connectivity index (χ0) is 19.7. The van der Waals surface area contributed by atoms with Gasteiger partial charge in [-0.2, -0.15) is 0 Å². The Morgan fingerprint density at radius 1 is 1.25 bits per heavy atom. The Bertz CT molecular complexity index is 1020. The van der Waals surface area contributed by atoms with Crippen LogP contribution < -0.4 is 11.1 Å². The first-order chi connectivity index (χ1) is 13.5. The monoisotopic (exact) mass is 396 g/mol. The second-order valence-electron chi connectivity index (χ2n) is 7.46. The molecule has 0 spiro atoms. The van der Waals surface area contributed by atoms with Gasteiger partial charge in [0.25, 0.3) is 0 Å². The van der Waals surface area contributed by atoms with Crippen molar-refractivity contribution < 1.29 is 9.53 Å². The van der Waals surface area contributed by atoms with Crippen LogP contribution in [-0.2, 0) is 9.53 Å². The van der Waals surface area contributed by atoms with E-state index < -0.39 is 5.41 Å². The number of aromatic nitrogens is 2. The summed E-state index contributed by atoms with van der Waals surface area (Å²) < 4.78 is 5.42. The van der Waals surface area contributed by atoms with Crippen molar-refractivity contribution in [3.8, 4) is 11.1 Å². The molecule has 0 aliphatic carbocycles. The van der Waals surface area contributed by atoms with Crippen molar-refractivity contribution in [3.05, 3.63) is 41.0 Å². The number of carbonyl (C=O) groups is 1. The molecule has 1 aliphatic heterocycles. The average Bonchev–Trinajstić information content (AvgIpc) is 3.14. The van der Waals surface area contributed by atoms with Crippen LogP contribution >= 0.6 is 11.3 Å². The lowest BCUT2D eigenvalue weighted by atomic mass is 9.79. The van der Waals surface area contributed by atoms with Gasteiger partial charge in [0.15, 0.2) is 0 Å². The topological polar surface area (TPSA) is 90.1 Å². The lowest BCUT2D eigenvalue weighted by Crippen LogP contribution is -2.46. The van der Waals surface area contributed by atoms with E-state index in [-0.39, 0.29) is 5.91 Å². The van der Waals surface area contributed by atoms with E-state index in [0.717, 1.165) is 27.2 Å². The molecule has 4 rings (SSSR count). The molecule has 0 bridgehead atoms. The Morgan fingerprint density at radius 3 is 2.75 bits per heavy atom. The number of primary amides is 1. The third-order valence-corrected chi connectivity index (χ3v) is 6.64. The summed E-state index contributed by atoms with van der Waals surface area (Å²) in [4.78, 5) is 22.0. The lowest BCUT2D eigenvalue weighted by molar-refractivity contribution is -0.132. The standard InChI is InChI=1S/C21H24N4O2S/c1-13-3-4-15(9-14(13)2)16-10-28-19-17(16)18(24-12-25-19)23-11-21(20(22)26)5-7-27-8-6-21/h3-4,9-10,12H,5-8,11H2,1-2H3,(H2,22,26)(H,23,24,25). The SMILES string of the molecule is Cc1ccc(-c2csc3ncnc(NCC4(C(N)=O)CCOCC4)c23)cc1C. The van der Waals surface area contributed by atoms with Crippen molar-refractivity contribution in [2.24, 2.45) is 11.1 Å². The molecule has 3 heterocycles. The maximum Gasteiger partial charge on any atom is 0.225 e. The van der Waals surface area contributed by atoms with Crippen molar-refractivity contribution in [1.29, 1.82) is 0 Å². The summed E-state index contributed by atoms with van der Waals surface area (Å²) in [5.41, 5.74) is 9.90. The molecule has 6 nitrogen and oxygen atoms in total. The summed E-state index contributed by atoms with van der Waals surface area (Å²) in [7, 11) is 0. The second-order valence-corrected chi connectivity index (χ2v) is 8.32. The molecule has 7 heteroatoms. The number of aryl methyl sites for hydroxylation is 2. The fourth-order valence-electron chi connectivity index (χ4n) is 3.66. The summed E-state index contributed by atoms with van der Waals surface area (Å²) in [5.74, 6) is 0.458. The minimum Gasteiger partial charge on any atom is -0.381 e. The number of ether oxygens (including phenoxy) is 1. The Labute approximate surface area is 168 Å². The zero-order valence-electron chi connectivity index (χ0n) is 16.1. The van der Waals surface area contributed by atoms with Crippen molar-refractivity contribution in [2.45, 2.75) is 26.7 Å². The van der Waals surface area contributed by atoms with Gasteiger partial charge in [-0.1, -0.05) is 18.2 Å². The summed E-state index contributed by atoms with van der Waals surface area (Å²) in [6.07, 6.45) is 2.81. The molecule has 3 N–H and O–H groups in total. The maximum absolute atomic E-state index is 12.2. The van der Waals surface area contributed by atoms with E-state index >= 15 is 0 Å². The molecule has 1 aromatic carbocycles. The van der Waals surface area contributed by atoms with Gasteiger partial charge in [0.1, 0.15) is 17.0 Å². The normalized spacial score (nSPS) is 16.2. The molecule has 28 heavy (non-hydrogen) atoms. The van der Waals surface area contributed by atoms with E-state index in [2.05, 4.69) is 52.7 Å². The molecule has 2 aromatic heterocycles. The van der Waals surface area contributed by atoms with Gasteiger partial charge in [0.2, 0.25) is 5.91 Å². The zero-order valence-corrected chi connectivity index (χ0v) is 16.9. The first kappa shape index (κ1) is 18.8. The molecule has 3 aromatic rings. The van der Waals surface area contributed by atoms with E-state index in [1.54, 1.807) is 17.7 Å². The number of hydrogen-bond acceptors (Lipinski definition) is 6. The number of rotatable bonds is 5. The van der Waals surface area contributed by atoms with Crippen molar-refractivity contribution in [2.75, 3.05) is 25.1 Å². The number of thiophene rings is 1. The molecule has 0 unspecified atom stereocenters. The highest BCUT2D eigenvalue weighted by Gasteiger charge is 2.38. The highest BCUT2D eigenvalue weighted by atomic mass is 32.1. The van der Waals surface area contributed by atoms with Crippen LogP contribution in [-0.4, -0.2) is 35.6 Å². The van der Waals surface area contributed by atoms with Crippen LogP contribution in [0.4, 0.5) is 5.82 Å². The summed E-state index contributed by atoms with van der Waals surface area (Å²) in [5, 5.41) is 6.51. The lowest BCUT2D eigenvalue weighted by Gasteiger charge is -2.34. The van der Waals surface area contributed by atoms with E-state index in [0.29, 0.717) is 32.6 Å². The van der Waals surface area contributed by atoms with Gasteiger partial charge in [-0.3, -0.25) is 4.79 Å². The van der Waals surface area contributed by atoms with Crippen molar-refractivity contribution in [1.82, 2.24) is 9.97 Å². The fourth-order valence-corrected chi connectivity index (χ4v) is 4.57. The quantitative estimate of drug-likeness (QED) is 0.687. The Hall–Kier alpha value is -2.51. The van der Waals surface area contributed by atoms with Crippen LogP contribution in [0.15, 0.2) is 29.9 Å². The maximum atomic E-state index is 12.2. The van der Waals surface area contributed by atoms with E-state index in [4.69, 9.17) is 10.5 Å². The van der Waals surface area contributed by atoms with Crippen LogP contribution in [0.2, 0.25) is 0 Å². The van der Waals surface area contributed by atoms with Crippen LogP contribution in [0, 0.1) is 19.3 Å². The molecular formula is C21H24N4O2S. The molecule has 0 atom stereocenters. The average molecular weight is 397 g/mol. The predicted octanol–water partition coefficient (Wildman–Crippen LogP) is 3.67.